The second-order valence-electron chi connectivity index (χ2n) is 5.01. The van der Waals surface area contributed by atoms with Crippen LogP contribution in [-0.4, -0.2) is 44.8 Å². The second-order valence-corrected chi connectivity index (χ2v) is 5.01. The van der Waals surface area contributed by atoms with Crippen LogP contribution in [0.1, 0.15) is 20.8 Å². The molecular weight excluding hydrogens is 250 g/mol. The van der Waals surface area contributed by atoms with Gasteiger partial charge in [0.05, 0.1) is 12.6 Å². The van der Waals surface area contributed by atoms with Gasteiger partial charge in [0.25, 0.3) is 0 Å². The molecule has 0 fully saturated rings. The lowest BCUT2D eigenvalue weighted by atomic mass is 10.2. The number of aromatic nitrogens is 3. The molecule has 0 aromatic carbocycles. The van der Waals surface area contributed by atoms with Crippen LogP contribution in [0.2, 0.25) is 0 Å². The lowest BCUT2D eigenvalue weighted by Crippen LogP contribution is -2.43. The standard InChI is InChI=1S/C11H18N5O3/c1-11(2,3)19-10(18)13-4-9(17)8(12)5-16-6-14-15-7-16/h6,8H,4-5,12H2,1-3H3,(H,13,18). The molecule has 0 aliphatic heterocycles. The van der Waals surface area contributed by atoms with Crippen LogP contribution in [0.25, 0.3) is 0 Å². The van der Waals surface area contributed by atoms with Crippen molar-refractivity contribution in [2.24, 2.45) is 5.73 Å². The van der Waals surface area contributed by atoms with Crippen molar-refractivity contribution in [3.63, 3.8) is 0 Å². The van der Waals surface area contributed by atoms with E-state index >= 15 is 0 Å². The highest BCUT2D eigenvalue weighted by atomic mass is 16.6. The molecule has 0 aliphatic carbocycles. The van der Waals surface area contributed by atoms with Crippen LogP contribution in [0.4, 0.5) is 4.79 Å². The summed E-state index contributed by atoms with van der Waals surface area (Å²) in [5.41, 5.74) is 5.08. The molecule has 8 heteroatoms. The minimum atomic E-state index is -0.762. The van der Waals surface area contributed by atoms with E-state index in [1.54, 1.807) is 20.8 Å². The van der Waals surface area contributed by atoms with E-state index in [1.807, 2.05) is 0 Å². The molecule has 1 rings (SSSR count). The first-order valence-electron chi connectivity index (χ1n) is 5.78. The van der Waals surface area contributed by atoms with Crippen molar-refractivity contribution in [1.82, 2.24) is 20.1 Å². The average molecular weight is 268 g/mol. The number of alkyl carbamates (subject to hydrolysis) is 1. The largest absolute Gasteiger partial charge is 0.444 e. The van der Waals surface area contributed by atoms with Crippen LogP contribution in [0.15, 0.2) is 6.33 Å². The van der Waals surface area contributed by atoms with E-state index in [9.17, 15) is 9.59 Å². The fraction of sp³-hybridized carbons (Fsp3) is 0.636. The Balaban J connectivity index is 2.32. The maximum atomic E-state index is 11.7. The van der Waals surface area contributed by atoms with Crippen LogP contribution < -0.4 is 11.1 Å². The third-order valence-electron chi connectivity index (χ3n) is 2.03. The zero-order valence-corrected chi connectivity index (χ0v) is 11.2. The van der Waals surface area contributed by atoms with Gasteiger partial charge in [0.2, 0.25) is 6.33 Å². The normalized spacial score (nSPS) is 12.8. The van der Waals surface area contributed by atoms with Gasteiger partial charge < -0.3 is 20.4 Å². The topological polar surface area (TPSA) is 112 Å². The van der Waals surface area contributed by atoms with Gasteiger partial charge in [-0.05, 0) is 20.8 Å². The predicted octanol–water partition coefficient (Wildman–Crippen LogP) is -0.501. The van der Waals surface area contributed by atoms with E-state index in [1.165, 1.54) is 10.9 Å². The van der Waals surface area contributed by atoms with Crippen LogP contribution >= 0.6 is 0 Å². The summed E-state index contributed by atoms with van der Waals surface area (Å²) in [5.74, 6) is -0.312. The minimum absolute atomic E-state index is 0.182. The molecule has 105 valence electrons. The highest BCUT2D eigenvalue weighted by Crippen LogP contribution is 2.06. The number of ether oxygens (including phenoxy) is 1. The van der Waals surface area contributed by atoms with Gasteiger partial charge in [0.15, 0.2) is 5.78 Å². The molecule has 1 aromatic heterocycles. The fourth-order valence-electron chi connectivity index (χ4n) is 1.20. The number of carbonyl (C=O) groups is 2. The lowest BCUT2D eigenvalue weighted by Gasteiger charge is -2.20. The smallest absolute Gasteiger partial charge is 0.408 e. The quantitative estimate of drug-likeness (QED) is 0.744. The Morgan fingerprint density at radius 3 is 2.74 bits per heavy atom. The third kappa shape index (κ3) is 5.96. The summed E-state index contributed by atoms with van der Waals surface area (Å²) in [6.07, 6.45) is 3.29. The van der Waals surface area contributed by atoms with Gasteiger partial charge in [0, 0.05) is 6.54 Å². The van der Waals surface area contributed by atoms with Crippen LogP contribution in [0, 0.1) is 6.33 Å². The zero-order chi connectivity index (χ0) is 14.5. The summed E-state index contributed by atoms with van der Waals surface area (Å²) in [7, 11) is 0. The molecule has 19 heavy (non-hydrogen) atoms. The van der Waals surface area contributed by atoms with Crippen molar-refractivity contribution < 1.29 is 14.3 Å². The molecule has 0 saturated heterocycles. The predicted molar refractivity (Wildman–Crippen MR) is 66.1 cm³/mol. The number of hydrogen-bond acceptors (Lipinski definition) is 6. The summed E-state index contributed by atoms with van der Waals surface area (Å²) < 4.78 is 6.47. The van der Waals surface area contributed by atoms with Crippen molar-refractivity contribution in [2.75, 3.05) is 6.54 Å². The first kappa shape index (κ1) is 15.1. The molecule has 0 saturated carbocycles. The monoisotopic (exact) mass is 268 g/mol. The van der Waals surface area contributed by atoms with E-state index < -0.39 is 17.7 Å². The van der Waals surface area contributed by atoms with Crippen molar-refractivity contribution in [1.29, 1.82) is 0 Å². The number of ketones is 1. The van der Waals surface area contributed by atoms with E-state index in [0.29, 0.717) is 0 Å². The zero-order valence-electron chi connectivity index (χ0n) is 11.2. The SMILES string of the molecule is CC(C)(C)OC(=O)NCC(=O)C(N)Cn1[c]nnc1. The number of nitrogens with one attached hydrogen (secondary N) is 1. The number of nitrogens with two attached hydrogens (primary N) is 1. The van der Waals surface area contributed by atoms with Crippen molar-refractivity contribution in [3.05, 3.63) is 12.7 Å². The molecular formula is C11H18N5O3. The third-order valence-corrected chi connectivity index (χ3v) is 2.03. The number of Topliss-reactive ketones (excluding diaryl/α,β-unsaturated/α-hetero) is 1. The number of rotatable bonds is 5. The van der Waals surface area contributed by atoms with E-state index in [4.69, 9.17) is 10.5 Å². The summed E-state index contributed by atoms with van der Waals surface area (Å²) in [4.78, 5) is 23.0. The number of nitrogens with zero attached hydrogens (tertiary/aromatic N) is 3. The van der Waals surface area contributed by atoms with Crippen LogP contribution in [-0.2, 0) is 16.1 Å². The highest BCUT2D eigenvalue weighted by molar-refractivity contribution is 5.88. The maximum absolute atomic E-state index is 11.7. The summed E-state index contributed by atoms with van der Waals surface area (Å²) >= 11 is 0. The number of amides is 1. The van der Waals surface area contributed by atoms with Crippen LogP contribution in [0.3, 0.4) is 0 Å². The Labute approximate surface area is 111 Å². The Morgan fingerprint density at radius 2 is 2.21 bits per heavy atom. The second kappa shape index (κ2) is 6.28. The van der Waals surface area contributed by atoms with E-state index in [-0.39, 0.29) is 18.9 Å². The number of carbonyl (C=O) groups excluding carboxylic acids is 2. The Hall–Kier alpha value is -1.96. The molecule has 8 nitrogen and oxygen atoms in total. The van der Waals surface area contributed by atoms with Gasteiger partial charge in [0.1, 0.15) is 11.9 Å². The molecule has 3 N–H and O–H groups in total. The van der Waals surface area contributed by atoms with E-state index in [2.05, 4.69) is 21.8 Å². The molecule has 1 aromatic rings. The Morgan fingerprint density at radius 1 is 1.53 bits per heavy atom. The molecule has 1 radical (unpaired) electrons. The van der Waals surface area contributed by atoms with Gasteiger partial charge in [-0.15, -0.1) is 10.2 Å². The minimum Gasteiger partial charge on any atom is -0.444 e. The lowest BCUT2D eigenvalue weighted by molar-refractivity contribution is -0.119. The molecule has 0 aliphatic rings. The summed E-state index contributed by atoms with van der Waals surface area (Å²) in [6.45, 7) is 5.24. The van der Waals surface area contributed by atoms with Gasteiger partial charge in [-0.2, -0.15) is 0 Å². The summed E-state index contributed by atoms with van der Waals surface area (Å²) in [6, 6.07) is -0.762. The van der Waals surface area contributed by atoms with Crippen molar-refractivity contribution in [2.45, 2.75) is 39.0 Å². The van der Waals surface area contributed by atoms with E-state index in [0.717, 1.165) is 0 Å². The van der Waals surface area contributed by atoms with Gasteiger partial charge in [-0.25, -0.2) is 4.79 Å². The fourth-order valence-corrected chi connectivity index (χ4v) is 1.20. The molecule has 1 atom stereocenters. The van der Waals surface area contributed by atoms with Crippen LogP contribution in [0.5, 0.6) is 0 Å². The van der Waals surface area contributed by atoms with Crippen molar-refractivity contribution in [3.8, 4) is 0 Å². The Kier molecular flexibility index (Phi) is 4.99. The molecule has 1 unspecified atom stereocenters. The van der Waals surface area contributed by atoms with Gasteiger partial charge >= 0.3 is 6.09 Å². The maximum Gasteiger partial charge on any atom is 0.408 e. The van der Waals surface area contributed by atoms with Crippen molar-refractivity contribution >= 4 is 11.9 Å². The number of hydrogen-bond donors (Lipinski definition) is 2. The Bertz CT molecular complexity index is 424. The molecule has 1 amide bonds. The highest BCUT2D eigenvalue weighted by Gasteiger charge is 2.19. The molecule has 1 heterocycles. The average Bonchev–Trinajstić information content (AvgIpc) is 2.76. The first-order chi connectivity index (χ1) is 8.78. The molecule has 0 spiro atoms. The van der Waals surface area contributed by atoms with Gasteiger partial charge in [-0.1, -0.05) is 0 Å². The summed E-state index contributed by atoms with van der Waals surface area (Å²) in [5, 5.41) is 9.39. The first-order valence-corrected chi connectivity index (χ1v) is 5.78. The molecule has 0 bridgehead atoms. The van der Waals surface area contributed by atoms with Gasteiger partial charge in [-0.3, -0.25) is 4.79 Å².